The first kappa shape index (κ1) is 18.4. The molecule has 19 heavy (non-hydrogen) atoms. The van der Waals surface area contributed by atoms with Crippen molar-refractivity contribution in [2.45, 2.75) is 45.3 Å². The van der Waals surface area contributed by atoms with Crippen LogP contribution in [0.3, 0.4) is 0 Å². The molecule has 0 aromatic rings. The molecule has 3 N–H and O–H groups in total. The predicted octanol–water partition coefficient (Wildman–Crippen LogP) is 0.833. The van der Waals surface area contributed by atoms with E-state index in [0.717, 1.165) is 12.8 Å². The summed E-state index contributed by atoms with van der Waals surface area (Å²) < 4.78 is 5.12. The van der Waals surface area contributed by atoms with E-state index in [0.29, 0.717) is 31.5 Å². The molecule has 0 aromatic carbocycles. The van der Waals surface area contributed by atoms with Crippen molar-refractivity contribution in [1.29, 1.82) is 0 Å². The Morgan fingerprint density at radius 3 is 2.26 bits per heavy atom. The smallest absolute Gasteiger partial charge is 0.222 e. The van der Waals surface area contributed by atoms with Crippen LogP contribution in [0.25, 0.3) is 0 Å². The van der Waals surface area contributed by atoms with Gasteiger partial charge in [-0.1, -0.05) is 26.7 Å². The number of methoxy groups -OCH3 is 1. The summed E-state index contributed by atoms with van der Waals surface area (Å²) in [5, 5.41) is 3.00. The zero-order valence-corrected chi connectivity index (χ0v) is 13.1. The molecule has 0 aliphatic heterocycles. The Bertz CT molecular complexity index is 239. The number of carbonyl (C=O) groups excluding carboxylic acids is 1. The summed E-state index contributed by atoms with van der Waals surface area (Å²) in [6.45, 7) is 5.44. The van der Waals surface area contributed by atoms with Gasteiger partial charge in [0.15, 0.2) is 0 Å². The van der Waals surface area contributed by atoms with Crippen molar-refractivity contribution in [3.63, 3.8) is 0 Å². The number of hydrogen-bond donors (Lipinski definition) is 2. The van der Waals surface area contributed by atoms with Crippen molar-refractivity contribution in [1.82, 2.24) is 10.2 Å². The molecule has 0 heterocycles. The molecular formula is C14H31N3O2. The molecule has 1 amide bonds. The molecule has 0 aliphatic rings. The number of amides is 1. The van der Waals surface area contributed by atoms with Gasteiger partial charge in [0.1, 0.15) is 0 Å². The number of likely N-dealkylation sites (N-methyl/N-ethyl adjacent to an activating group) is 1. The second kappa shape index (κ2) is 10.2. The van der Waals surface area contributed by atoms with Crippen molar-refractivity contribution in [3.05, 3.63) is 0 Å². The summed E-state index contributed by atoms with van der Waals surface area (Å²) >= 11 is 0. The Kier molecular flexibility index (Phi) is 9.83. The van der Waals surface area contributed by atoms with Gasteiger partial charge >= 0.3 is 0 Å². The molecule has 0 bridgehead atoms. The number of ether oxygens (including phenoxy) is 1. The molecule has 0 saturated heterocycles. The van der Waals surface area contributed by atoms with Gasteiger partial charge in [-0.3, -0.25) is 4.79 Å². The van der Waals surface area contributed by atoms with E-state index in [2.05, 4.69) is 38.2 Å². The molecule has 0 radical (unpaired) electrons. The van der Waals surface area contributed by atoms with Crippen LogP contribution in [-0.2, 0) is 9.53 Å². The Hall–Kier alpha value is -0.650. The van der Waals surface area contributed by atoms with E-state index in [1.54, 1.807) is 7.11 Å². The van der Waals surface area contributed by atoms with Crippen LogP contribution in [-0.4, -0.2) is 57.2 Å². The fraction of sp³-hybridized carbons (Fsp3) is 0.929. The lowest BCUT2D eigenvalue weighted by Crippen LogP contribution is -2.45. The summed E-state index contributed by atoms with van der Waals surface area (Å²) in [6, 6.07) is 0.373. The third-order valence-electron chi connectivity index (χ3n) is 3.77. The van der Waals surface area contributed by atoms with Gasteiger partial charge in [-0.2, -0.15) is 0 Å². The molecule has 2 atom stereocenters. The lowest BCUT2D eigenvalue weighted by molar-refractivity contribution is -0.123. The van der Waals surface area contributed by atoms with E-state index in [1.807, 2.05) is 0 Å². The SMILES string of the molecule is CCC(CC)C(CNC(=O)CC(CN)OC)N(C)C. The highest BCUT2D eigenvalue weighted by Crippen LogP contribution is 2.16. The van der Waals surface area contributed by atoms with Crippen molar-refractivity contribution in [2.75, 3.05) is 34.3 Å². The quantitative estimate of drug-likeness (QED) is 0.619. The molecule has 0 rings (SSSR count). The number of hydrogen-bond acceptors (Lipinski definition) is 4. The number of rotatable bonds is 10. The lowest BCUT2D eigenvalue weighted by atomic mass is 9.93. The van der Waals surface area contributed by atoms with E-state index < -0.39 is 0 Å². The number of nitrogens with zero attached hydrogens (tertiary/aromatic N) is 1. The lowest BCUT2D eigenvalue weighted by Gasteiger charge is -2.31. The Balaban J connectivity index is 4.28. The van der Waals surface area contributed by atoms with Gasteiger partial charge in [0.2, 0.25) is 5.91 Å². The first-order chi connectivity index (χ1) is 8.99. The Morgan fingerprint density at radius 2 is 1.89 bits per heavy atom. The van der Waals surface area contributed by atoms with Crippen LogP contribution in [0.4, 0.5) is 0 Å². The number of carbonyl (C=O) groups is 1. The van der Waals surface area contributed by atoms with E-state index in [9.17, 15) is 4.79 Å². The third kappa shape index (κ3) is 6.89. The van der Waals surface area contributed by atoms with Gasteiger partial charge in [-0.25, -0.2) is 0 Å². The normalized spacial score (nSPS) is 14.7. The maximum Gasteiger partial charge on any atom is 0.222 e. The standard InChI is InChI=1S/C14H31N3O2/c1-6-11(7-2)13(17(3)4)10-16-14(18)8-12(9-15)19-5/h11-13H,6-10,15H2,1-5H3,(H,16,18). The van der Waals surface area contributed by atoms with Crippen LogP contribution in [0.15, 0.2) is 0 Å². The van der Waals surface area contributed by atoms with E-state index in [-0.39, 0.29) is 12.0 Å². The van der Waals surface area contributed by atoms with Crippen LogP contribution >= 0.6 is 0 Å². The van der Waals surface area contributed by atoms with Crippen LogP contribution in [0, 0.1) is 5.92 Å². The van der Waals surface area contributed by atoms with Gasteiger partial charge in [0.25, 0.3) is 0 Å². The summed E-state index contributed by atoms with van der Waals surface area (Å²) in [5.74, 6) is 0.609. The molecule has 5 heteroatoms. The van der Waals surface area contributed by atoms with Crippen molar-refractivity contribution >= 4 is 5.91 Å². The molecular weight excluding hydrogens is 242 g/mol. The molecule has 0 spiro atoms. The minimum atomic E-state index is -0.189. The molecule has 0 aromatic heterocycles. The predicted molar refractivity (Wildman–Crippen MR) is 79.0 cm³/mol. The minimum Gasteiger partial charge on any atom is -0.380 e. The van der Waals surface area contributed by atoms with Crippen LogP contribution in [0.5, 0.6) is 0 Å². The van der Waals surface area contributed by atoms with Crippen LogP contribution in [0.2, 0.25) is 0 Å². The molecule has 0 saturated carbocycles. The van der Waals surface area contributed by atoms with E-state index in [1.165, 1.54) is 0 Å². The van der Waals surface area contributed by atoms with Crippen molar-refractivity contribution in [3.8, 4) is 0 Å². The maximum atomic E-state index is 11.8. The summed E-state index contributed by atoms with van der Waals surface area (Å²) in [5.41, 5.74) is 5.51. The summed E-state index contributed by atoms with van der Waals surface area (Å²) in [4.78, 5) is 14.0. The monoisotopic (exact) mass is 273 g/mol. The van der Waals surface area contributed by atoms with E-state index >= 15 is 0 Å². The number of nitrogens with two attached hydrogens (primary N) is 1. The first-order valence-corrected chi connectivity index (χ1v) is 7.15. The maximum absolute atomic E-state index is 11.8. The molecule has 0 aliphatic carbocycles. The first-order valence-electron chi connectivity index (χ1n) is 7.15. The Labute approximate surface area is 117 Å². The van der Waals surface area contributed by atoms with Crippen LogP contribution < -0.4 is 11.1 Å². The summed E-state index contributed by atoms with van der Waals surface area (Å²) in [6.07, 6.45) is 2.39. The highest BCUT2D eigenvalue weighted by atomic mass is 16.5. The van der Waals surface area contributed by atoms with Gasteiger partial charge in [-0.05, 0) is 20.0 Å². The molecule has 114 valence electrons. The van der Waals surface area contributed by atoms with Gasteiger partial charge in [0, 0.05) is 26.2 Å². The highest BCUT2D eigenvalue weighted by molar-refractivity contribution is 5.76. The molecule has 5 nitrogen and oxygen atoms in total. The van der Waals surface area contributed by atoms with Gasteiger partial charge in [0.05, 0.1) is 12.5 Å². The average molecular weight is 273 g/mol. The molecule has 2 unspecified atom stereocenters. The molecule has 0 fully saturated rings. The number of nitrogens with one attached hydrogen (secondary N) is 1. The largest absolute Gasteiger partial charge is 0.380 e. The fourth-order valence-corrected chi connectivity index (χ4v) is 2.36. The zero-order chi connectivity index (χ0) is 14.8. The van der Waals surface area contributed by atoms with Crippen molar-refractivity contribution in [2.24, 2.45) is 11.7 Å². The zero-order valence-electron chi connectivity index (χ0n) is 13.1. The second-order valence-electron chi connectivity index (χ2n) is 5.21. The Morgan fingerprint density at radius 1 is 1.32 bits per heavy atom. The highest BCUT2D eigenvalue weighted by Gasteiger charge is 2.21. The summed E-state index contributed by atoms with van der Waals surface area (Å²) in [7, 11) is 5.71. The third-order valence-corrected chi connectivity index (χ3v) is 3.77. The topological polar surface area (TPSA) is 67.6 Å². The minimum absolute atomic E-state index is 0.00936. The fourth-order valence-electron chi connectivity index (χ4n) is 2.36. The van der Waals surface area contributed by atoms with Crippen LogP contribution in [0.1, 0.15) is 33.1 Å². The average Bonchev–Trinajstić information content (AvgIpc) is 2.40. The van der Waals surface area contributed by atoms with Gasteiger partial charge < -0.3 is 20.7 Å². The van der Waals surface area contributed by atoms with Crippen molar-refractivity contribution < 1.29 is 9.53 Å². The second-order valence-corrected chi connectivity index (χ2v) is 5.21. The van der Waals surface area contributed by atoms with E-state index in [4.69, 9.17) is 10.5 Å². The van der Waals surface area contributed by atoms with Gasteiger partial charge in [-0.15, -0.1) is 0 Å².